The topological polar surface area (TPSA) is 93.6 Å². The van der Waals surface area contributed by atoms with Gasteiger partial charge in [0.1, 0.15) is 0 Å². The van der Waals surface area contributed by atoms with Gasteiger partial charge in [0.2, 0.25) is 6.79 Å². The maximum absolute atomic E-state index is 12.9. The van der Waals surface area contributed by atoms with Crippen LogP contribution >= 0.6 is 0 Å². The van der Waals surface area contributed by atoms with Gasteiger partial charge in [-0.3, -0.25) is 14.2 Å². The molecule has 30 heavy (non-hydrogen) atoms. The standard InChI is InChI=1S/C22H23N3O5/c1-3-4-9-24(2)20(26)15-6-7-16-17(11-15)23-22(28)25(21(16)27)12-14-5-8-18-19(10-14)30-13-29-18/h5-8,10-11H,3-4,9,12-13H2,1-2H3,(H,23,28). The first-order valence-corrected chi connectivity index (χ1v) is 9.89. The minimum atomic E-state index is -0.533. The number of rotatable bonds is 6. The van der Waals surface area contributed by atoms with Crippen molar-refractivity contribution in [1.29, 1.82) is 0 Å². The Morgan fingerprint density at radius 1 is 1.13 bits per heavy atom. The molecule has 0 fully saturated rings. The Kier molecular flexibility index (Phi) is 5.31. The van der Waals surface area contributed by atoms with Gasteiger partial charge in [-0.15, -0.1) is 0 Å². The normalized spacial score (nSPS) is 12.3. The van der Waals surface area contributed by atoms with E-state index in [0.717, 1.165) is 23.0 Å². The molecule has 0 unspecified atom stereocenters. The molecule has 0 radical (unpaired) electrons. The molecule has 156 valence electrons. The molecular formula is C22H23N3O5. The van der Waals surface area contributed by atoms with E-state index < -0.39 is 11.2 Å². The van der Waals surface area contributed by atoms with Gasteiger partial charge >= 0.3 is 5.69 Å². The number of carbonyl (C=O) groups excluding carboxylic acids is 1. The average molecular weight is 409 g/mol. The third-order valence-electron chi connectivity index (χ3n) is 5.20. The monoisotopic (exact) mass is 409 g/mol. The number of nitrogens with zero attached hydrogens (tertiary/aromatic N) is 2. The van der Waals surface area contributed by atoms with Gasteiger partial charge in [0.05, 0.1) is 17.4 Å². The number of unbranched alkanes of at least 4 members (excludes halogenated alkanes) is 1. The molecule has 0 spiro atoms. The zero-order valence-corrected chi connectivity index (χ0v) is 16.9. The van der Waals surface area contributed by atoms with Crippen molar-refractivity contribution in [2.75, 3.05) is 20.4 Å². The summed E-state index contributed by atoms with van der Waals surface area (Å²) < 4.78 is 11.8. The van der Waals surface area contributed by atoms with Crippen molar-refractivity contribution in [3.63, 3.8) is 0 Å². The molecule has 0 saturated heterocycles. The van der Waals surface area contributed by atoms with Gasteiger partial charge in [-0.25, -0.2) is 4.79 Å². The zero-order chi connectivity index (χ0) is 21.3. The molecule has 4 rings (SSSR count). The summed E-state index contributed by atoms with van der Waals surface area (Å²) in [6, 6.07) is 10.1. The summed E-state index contributed by atoms with van der Waals surface area (Å²) in [4.78, 5) is 42.5. The number of H-pyrrole nitrogens is 1. The van der Waals surface area contributed by atoms with Crippen LogP contribution in [0.15, 0.2) is 46.0 Å². The van der Waals surface area contributed by atoms with Crippen molar-refractivity contribution < 1.29 is 14.3 Å². The van der Waals surface area contributed by atoms with E-state index >= 15 is 0 Å². The number of nitrogens with one attached hydrogen (secondary N) is 1. The van der Waals surface area contributed by atoms with Crippen LogP contribution < -0.4 is 20.7 Å². The summed E-state index contributed by atoms with van der Waals surface area (Å²) >= 11 is 0. The SMILES string of the molecule is CCCCN(C)C(=O)c1ccc2c(=O)n(Cc3ccc4c(c3)OCO4)c(=O)[nH]c2c1. The molecule has 1 aliphatic rings. The van der Waals surface area contributed by atoms with E-state index in [9.17, 15) is 14.4 Å². The Morgan fingerprint density at radius 2 is 1.93 bits per heavy atom. The van der Waals surface area contributed by atoms with E-state index in [2.05, 4.69) is 11.9 Å². The highest BCUT2D eigenvalue weighted by Crippen LogP contribution is 2.32. The largest absolute Gasteiger partial charge is 0.454 e. The maximum Gasteiger partial charge on any atom is 0.329 e. The third kappa shape index (κ3) is 3.68. The first-order valence-electron chi connectivity index (χ1n) is 9.89. The summed E-state index contributed by atoms with van der Waals surface area (Å²) in [6.07, 6.45) is 1.91. The smallest absolute Gasteiger partial charge is 0.329 e. The van der Waals surface area contributed by atoms with Crippen LogP contribution in [-0.2, 0) is 6.54 Å². The molecule has 2 heterocycles. The molecule has 2 aromatic carbocycles. The van der Waals surface area contributed by atoms with Crippen LogP contribution in [0.25, 0.3) is 10.9 Å². The van der Waals surface area contributed by atoms with Crippen molar-refractivity contribution in [3.8, 4) is 11.5 Å². The van der Waals surface area contributed by atoms with Crippen molar-refractivity contribution >= 4 is 16.8 Å². The minimum absolute atomic E-state index is 0.0984. The summed E-state index contributed by atoms with van der Waals surface area (Å²) in [6.45, 7) is 2.97. The highest BCUT2D eigenvalue weighted by atomic mass is 16.7. The van der Waals surface area contributed by atoms with Crippen LogP contribution in [0.1, 0.15) is 35.7 Å². The number of ether oxygens (including phenoxy) is 2. The van der Waals surface area contributed by atoms with E-state index in [4.69, 9.17) is 9.47 Å². The number of aromatic amines is 1. The van der Waals surface area contributed by atoms with Crippen LogP contribution in [0, 0.1) is 0 Å². The van der Waals surface area contributed by atoms with Crippen LogP contribution in [0.2, 0.25) is 0 Å². The van der Waals surface area contributed by atoms with Crippen molar-refractivity contribution in [3.05, 3.63) is 68.4 Å². The lowest BCUT2D eigenvalue weighted by molar-refractivity contribution is 0.0793. The van der Waals surface area contributed by atoms with Gasteiger partial charge in [0.25, 0.3) is 11.5 Å². The van der Waals surface area contributed by atoms with E-state index in [-0.39, 0.29) is 19.2 Å². The number of hydrogen-bond acceptors (Lipinski definition) is 5. The molecule has 8 heteroatoms. The molecule has 1 N–H and O–H groups in total. The molecule has 0 aliphatic carbocycles. The number of hydrogen-bond donors (Lipinski definition) is 1. The Balaban J connectivity index is 1.66. The number of benzene rings is 2. The number of amides is 1. The van der Waals surface area contributed by atoms with E-state index in [1.165, 1.54) is 0 Å². The third-order valence-corrected chi connectivity index (χ3v) is 5.20. The predicted molar refractivity (Wildman–Crippen MR) is 112 cm³/mol. The minimum Gasteiger partial charge on any atom is -0.454 e. The fourth-order valence-electron chi connectivity index (χ4n) is 3.47. The molecule has 3 aromatic rings. The second-order valence-corrected chi connectivity index (χ2v) is 7.35. The van der Waals surface area contributed by atoms with E-state index in [1.807, 2.05) is 0 Å². The van der Waals surface area contributed by atoms with E-state index in [1.54, 1.807) is 48.3 Å². The predicted octanol–water partition coefficient (Wildman–Crippen LogP) is 2.34. The Hall–Kier alpha value is -3.55. The van der Waals surface area contributed by atoms with Gasteiger partial charge < -0.3 is 19.4 Å². The molecule has 8 nitrogen and oxygen atoms in total. The van der Waals surface area contributed by atoms with Crippen LogP contribution in [-0.4, -0.2) is 40.7 Å². The first-order chi connectivity index (χ1) is 14.5. The summed E-state index contributed by atoms with van der Waals surface area (Å²) in [7, 11) is 1.74. The van der Waals surface area contributed by atoms with Gasteiger partial charge in [-0.05, 0) is 42.3 Å². The molecule has 0 saturated carbocycles. The Labute approximate surface area is 172 Å². The first kappa shape index (κ1) is 19.8. The Bertz CT molecular complexity index is 1230. The molecule has 1 aromatic heterocycles. The fraction of sp³-hybridized carbons (Fsp3) is 0.318. The van der Waals surface area contributed by atoms with Crippen LogP contribution in [0.4, 0.5) is 0 Å². The molecule has 0 atom stereocenters. The summed E-state index contributed by atoms with van der Waals surface area (Å²) in [5.41, 5.74) is 0.584. The van der Waals surface area contributed by atoms with E-state index in [0.29, 0.717) is 34.5 Å². The quantitative estimate of drug-likeness (QED) is 0.675. The summed E-state index contributed by atoms with van der Waals surface area (Å²) in [5, 5.41) is 0.350. The zero-order valence-electron chi connectivity index (χ0n) is 16.9. The molecule has 0 bridgehead atoms. The number of fused-ring (bicyclic) bond motifs is 2. The van der Waals surface area contributed by atoms with Crippen molar-refractivity contribution in [2.24, 2.45) is 0 Å². The molecular weight excluding hydrogens is 386 g/mol. The average Bonchev–Trinajstić information content (AvgIpc) is 3.22. The second-order valence-electron chi connectivity index (χ2n) is 7.35. The number of aromatic nitrogens is 2. The van der Waals surface area contributed by atoms with Crippen LogP contribution in [0.5, 0.6) is 11.5 Å². The van der Waals surface area contributed by atoms with Crippen molar-refractivity contribution in [2.45, 2.75) is 26.3 Å². The highest BCUT2D eigenvalue weighted by Gasteiger charge is 2.16. The lowest BCUT2D eigenvalue weighted by Crippen LogP contribution is -2.35. The van der Waals surface area contributed by atoms with Crippen LogP contribution in [0.3, 0.4) is 0 Å². The second kappa shape index (κ2) is 8.06. The lowest BCUT2D eigenvalue weighted by atomic mass is 10.1. The van der Waals surface area contributed by atoms with Gasteiger partial charge in [-0.1, -0.05) is 19.4 Å². The maximum atomic E-state index is 12.9. The highest BCUT2D eigenvalue weighted by molar-refractivity contribution is 5.97. The fourth-order valence-corrected chi connectivity index (χ4v) is 3.47. The lowest BCUT2D eigenvalue weighted by Gasteiger charge is -2.17. The van der Waals surface area contributed by atoms with Gasteiger partial charge in [0, 0.05) is 19.2 Å². The Morgan fingerprint density at radius 3 is 2.73 bits per heavy atom. The van der Waals surface area contributed by atoms with Gasteiger partial charge in [0.15, 0.2) is 11.5 Å². The van der Waals surface area contributed by atoms with Gasteiger partial charge in [-0.2, -0.15) is 0 Å². The number of carbonyl (C=O) groups is 1. The molecule has 1 amide bonds. The molecule has 1 aliphatic heterocycles. The van der Waals surface area contributed by atoms with Crippen molar-refractivity contribution in [1.82, 2.24) is 14.5 Å². The summed E-state index contributed by atoms with van der Waals surface area (Å²) in [5.74, 6) is 1.09.